The van der Waals surface area contributed by atoms with Crippen LogP contribution < -0.4 is 5.73 Å². The predicted octanol–water partition coefficient (Wildman–Crippen LogP) is 2.22. The molecule has 0 spiro atoms. The Bertz CT molecular complexity index is 487. The molecule has 112 valence electrons. The van der Waals surface area contributed by atoms with Crippen molar-refractivity contribution in [2.24, 2.45) is 5.73 Å². The third-order valence-electron chi connectivity index (χ3n) is 3.28. The van der Waals surface area contributed by atoms with E-state index in [-0.39, 0.29) is 11.8 Å². The third-order valence-corrected chi connectivity index (χ3v) is 4.29. The Morgan fingerprint density at radius 2 is 2.30 bits per heavy atom. The summed E-state index contributed by atoms with van der Waals surface area (Å²) in [5, 5.41) is 1.47. The van der Waals surface area contributed by atoms with Crippen LogP contribution in [0.5, 0.6) is 0 Å². The molecule has 20 heavy (non-hydrogen) atoms. The first-order chi connectivity index (χ1) is 9.29. The minimum absolute atomic E-state index is 0.132. The van der Waals surface area contributed by atoms with Gasteiger partial charge in [0.15, 0.2) is 5.69 Å². The summed E-state index contributed by atoms with van der Waals surface area (Å²) in [7, 11) is 0. The number of alkyl halides is 3. The van der Waals surface area contributed by atoms with Crippen molar-refractivity contribution in [3.05, 3.63) is 16.1 Å². The summed E-state index contributed by atoms with van der Waals surface area (Å²) in [6.45, 7) is 2.61. The number of rotatable bonds is 2. The minimum Gasteiger partial charge on any atom is -0.341 e. The standard InChI is InChI=1S/C12H16F3N3OS/c1-7(16)11(19)18-4-2-3-8(5-18)10-17-9(6-20-10)12(13,14)15/h6-8H,2-5,16H2,1H3/t7-,8-/m1/s1. The van der Waals surface area contributed by atoms with E-state index in [4.69, 9.17) is 5.73 Å². The van der Waals surface area contributed by atoms with Gasteiger partial charge in [-0.15, -0.1) is 11.3 Å². The monoisotopic (exact) mass is 307 g/mol. The molecule has 1 aromatic rings. The number of piperidine rings is 1. The van der Waals surface area contributed by atoms with Crippen molar-refractivity contribution in [3.63, 3.8) is 0 Å². The van der Waals surface area contributed by atoms with Crippen LogP contribution in [0.2, 0.25) is 0 Å². The molecular weight excluding hydrogens is 291 g/mol. The maximum absolute atomic E-state index is 12.5. The molecule has 2 rings (SSSR count). The molecule has 0 radical (unpaired) electrons. The fourth-order valence-electron chi connectivity index (χ4n) is 2.27. The summed E-state index contributed by atoms with van der Waals surface area (Å²) in [5.74, 6) is -0.296. The second-order valence-electron chi connectivity index (χ2n) is 4.98. The average Bonchev–Trinajstić information content (AvgIpc) is 2.87. The van der Waals surface area contributed by atoms with Gasteiger partial charge in [0.05, 0.1) is 11.0 Å². The lowest BCUT2D eigenvalue weighted by Crippen LogP contribution is -2.46. The lowest BCUT2D eigenvalue weighted by atomic mass is 9.98. The maximum atomic E-state index is 12.5. The van der Waals surface area contributed by atoms with Gasteiger partial charge < -0.3 is 10.6 Å². The van der Waals surface area contributed by atoms with Crippen molar-refractivity contribution in [1.82, 2.24) is 9.88 Å². The van der Waals surface area contributed by atoms with Crippen molar-refractivity contribution in [2.75, 3.05) is 13.1 Å². The molecule has 0 saturated carbocycles. The van der Waals surface area contributed by atoms with E-state index < -0.39 is 17.9 Å². The molecule has 4 nitrogen and oxygen atoms in total. The van der Waals surface area contributed by atoms with Gasteiger partial charge in [0.2, 0.25) is 5.91 Å². The number of aromatic nitrogens is 1. The molecule has 2 N–H and O–H groups in total. The number of carbonyl (C=O) groups is 1. The molecule has 8 heteroatoms. The highest BCUT2D eigenvalue weighted by atomic mass is 32.1. The number of likely N-dealkylation sites (tertiary alicyclic amines) is 1. The zero-order chi connectivity index (χ0) is 14.9. The van der Waals surface area contributed by atoms with Crippen LogP contribution in [0.3, 0.4) is 0 Å². The highest BCUT2D eigenvalue weighted by Gasteiger charge is 2.35. The quantitative estimate of drug-likeness (QED) is 0.911. The third kappa shape index (κ3) is 3.29. The van der Waals surface area contributed by atoms with Gasteiger partial charge in [-0.25, -0.2) is 4.98 Å². The van der Waals surface area contributed by atoms with Gasteiger partial charge in [0.1, 0.15) is 0 Å². The number of nitrogens with zero attached hydrogens (tertiary/aromatic N) is 2. The predicted molar refractivity (Wildman–Crippen MR) is 69.3 cm³/mol. The van der Waals surface area contributed by atoms with Crippen LogP contribution >= 0.6 is 11.3 Å². The largest absolute Gasteiger partial charge is 0.434 e. The van der Waals surface area contributed by atoms with E-state index in [0.29, 0.717) is 18.1 Å². The summed E-state index contributed by atoms with van der Waals surface area (Å²) in [6.07, 6.45) is -2.91. The summed E-state index contributed by atoms with van der Waals surface area (Å²) in [4.78, 5) is 17.1. The average molecular weight is 307 g/mol. The van der Waals surface area contributed by atoms with Crippen molar-refractivity contribution in [3.8, 4) is 0 Å². The lowest BCUT2D eigenvalue weighted by molar-refractivity contribution is -0.141. The van der Waals surface area contributed by atoms with Crippen molar-refractivity contribution in [1.29, 1.82) is 0 Å². The molecule has 1 aromatic heterocycles. The summed E-state index contributed by atoms with van der Waals surface area (Å²) >= 11 is 1.00. The SMILES string of the molecule is C[C@@H](N)C(=O)N1CCC[C@@H](c2nc(C(F)(F)F)cs2)C1. The van der Waals surface area contributed by atoms with Crippen molar-refractivity contribution >= 4 is 17.2 Å². The van der Waals surface area contributed by atoms with Crippen LogP contribution in [0, 0.1) is 0 Å². The number of hydrogen-bond acceptors (Lipinski definition) is 4. The Balaban J connectivity index is 2.09. The van der Waals surface area contributed by atoms with Gasteiger partial charge >= 0.3 is 6.18 Å². The van der Waals surface area contributed by atoms with E-state index in [0.717, 1.165) is 29.6 Å². The van der Waals surface area contributed by atoms with E-state index in [1.54, 1.807) is 11.8 Å². The molecule has 1 amide bonds. The zero-order valence-electron chi connectivity index (χ0n) is 11.0. The Kier molecular flexibility index (Phi) is 4.33. The fourth-order valence-corrected chi connectivity index (χ4v) is 3.23. The Labute approximate surface area is 118 Å². The number of thiazole rings is 1. The number of hydrogen-bond donors (Lipinski definition) is 1. The van der Waals surface area contributed by atoms with Crippen LogP contribution in [0.4, 0.5) is 13.2 Å². The first-order valence-electron chi connectivity index (χ1n) is 6.36. The van der Waals surface area contributed by atoms with E-state index in [9.17, 15) is 18.0 Å². The molecule has 1 aliphatic rings. The molecule has 1 saturated heterocycles. The normalized spacial score (nSPS) is 21.9. The Morgan fingerprint density at radius 1 is 1.60 bits per heavy atom. The molecular formula is C12H16F3N3OS. The molecule has 0 aliphatic carbocycles. The van der Waals surface area contributed by atoms with Crippen LogP contribution in [-0.2, 0) is 11.0 Å². The van der Waals surface area contributed by atoms with E-state index in [1.165, 1.54) is 0 Å². The van der Waals surface area contributed by atoms with Gasteiger partial charge in [0, 0.05) is 24.4 Å². The number of carbonyl (C=O) groups excluding carboxylic acids is 1. The fraction of sp³-hybridized carbons (Fsp3) is 0.667. The summed E-state index contributed by atoms with van der Waals surface area (Å²) in [5.41, 5.74) is 4.71. The van der Waals surface area contributed by atoms with Crippen LogP contribution in [-0.4, -0.2) is 34.9 Å². The second kappa shape index (κ2) is 5.69. The van der Waals surface area contributed by atoms with Gasteiger partial charge in [-0.3, -0.25) is 4.79 Å². The molecule has 0 aromatic carbocycles. The van der Waals surface area contributed by atoms with Crippen molar-refractivity contribution in [2.45, 2.75) is 37.9 Å². The molecule has 0 unspecified atom stereocenters. The smallest absolute Gasteiger partial charge is 0.341 e. The number of halogens is 3. The molecule has 2 heterocycles. The summed E-state index contributed by atoms with van der Waals surface area (Å²) in [6, 6.07) is -0.587. The van der Waals surface area contributed by atoms with E-state index in [1.807, 2.05) is 0 Å². The van der Waals surface area contributed by atoms with Crippen molar-refractivity contribution < 1.29 is 18.0 Å². The molecule has 0 bridgehead atoms. The number of nitrogens with two attached hydrogens (primary N) is 1. The summed E-state index contributed by atoms with van der Waals surface area (Å²) < 4.78 is 37.6. The van der Waals surface area contributed by atoms with Gasteiger partial charge in [0.25, 0.3) is 0 Å². The molecule has 1 aliphatic heterocycles. The second-order valence-corrected chi connectivity index (χ2v) is 5.87. The molecule has 2 atom stereocenters. The topological polar surface area (TPSA) is 59.2 Å². The highest BCUT2D eigenvalue weighted by molar-refractivity contribution is 7.09. The van der Waals surface area contributed by atoms with Gasteiger partial charge in [-0.05, 0) is 19.8 Å². The van der Waals surface area contributed by atoms with Crippen LogP contribution in [0.25, 0.3) is 0 Å². The van der Waals surface area contributed by atoms with E-state index in [2.05, 4.69) is 4.98 Å². The zero-order valence-corrected chi connectivity index (χ0v) is 11.8. The van der Waals surface area contributed by atoms with Crippen LogP contribution in [0.1, 0.15) is 36.4 Å². The lowest BCUT2D eigenvalue weighted by Gasteiger charge is -2.32. The first kappa shape index (κ1) is 15.2. The maximum Gasteiger partial charge on any atom is 0.434 e. The van der Waals surface area contributed by atoms with Gasteiger partial charge in [-0.2, -0.15) is 13.2 Å². The minimum atomic E-state index is -4.41. The van der Waals surface area contributed by atoms with Gasteiger partial charge in [-0.1, -0.05) is 0 Å². The van der Waals surface area contributed by atoms with E-state index >= 15 is 0 Å². The highest BCUT2D eigenvalue weighted by Crippen LogP contribution is 2.34. The molecule has 1 fully saturated rings. The Morgan fingerprint density at radius 3 is 2.85 bits per heavy atom. The number of amides is 1. The first-order valence-corrected chi connectivity index (χ1v) is 7.24. The van der Waals surface area contributed by atoms with Crippen LogP contribution in [0.15, 0.2) is 5.38 Å². The Hall–Kier alpha value is -1.15.